The fourth-order valence-corrected chi connectivity index (χ4v) is 2.33. The highest BCUT2D eigenvalue weighted by Gasteiger charge is 2.28. The summed E-state index contributed by atoms with van der Waals surface area (Å²) in [4.78, 5) is 28.8. The summed E-state index contributed by atoms with van der Waals surface area (Å²) < 4.78 is 47.2. The highest BCUT2D eigenvalue weighted by Crippen LogP contribution is 2.19. The number of nitrogens with one attached hydrogen (secondary N) is 2. The Morgan fingerprint density at radius 3 is 2.72 bits per heavy atom. The molecule has 0 aliphatic heterocycles. The van der Waals surface area contributed by atoms with Crippen molar-refractivity contribution in [3.63, 3.8) is 0 Å². The van der Waals surface area contributed by atoms with E-state index in [1.165, 1.54) is 43.8 Å². The molecule has 0 atom stereocenters. The van der Waals surface area contributed by atoms with Crippen molar-refractivity contribution in [1.82, 2.24) is 19.7 Å². The smallest absolute Gasteiger partial charge is 0.422 e. The number of hydrogen-bond acceptors (Lipinski definition) is 6. The van der Waals surface area contributed by atoms with E-state index < -0.39 is 24.2 Å². The third-order valence-electron chi connectivity index (χ3n) is 3.62. The number of alkyl halides is 3. The Morgan fingerprint density at radius 2 is 2.07 bits per heavy atom. The number of ether oxygens (including phenoxy) is 2. The van der Waals surface area contributed by atoms with Gasteiger partial charge >= 0.3 is 6.18 Å². The molecule has 0 bridgehead atoms. The van der Waals surface area contributed by atoms with Gasteiger partial charge in [-0.2, -0.15) is 18.3 Å². The van der Waals surface area contributed by atoms with Gasteiger partial charge in [0.2, 0.25) is 5.88 Å². The highest BCUT2D eigenvalue weighted by atomic mass is 19.4. The number of amides is 1. The molecule has 9 nitrogen and oxygen atoms in total. The number of aromatic amines is 1. The molecule has 3 aromatic heterocycles. The third-order valence-corrected chi connectivity index (χ3v) is 3.62. The van der Waals surface area contributed by atoms with Crippen LogP contribution in [0.4, 0.5) is 18.9 Å². The van der Waals surface area contributed by atoms with Crippen LogP contribution in [0.25, 0.3) is 5.82 Å². The van der Waals surface area contributed by atoms with Crippen LogP contribution in [-0.4, -0.2) is 45.5 Å². The zero-order valence-electron chi connectivity index (χ0n) is 14.9. The van der Waals surface area contributed by atoms with Crippen molar-refractivity contribution in [3.05, 3.63) is 58.8 Å². The average molecular weight is 409 g/mol. The van der Waals surface area contributed by atoms with E-state index in [0.717, 1.165) is 10.8 Å². The number of halogens is 3. The number of aromatic nitrogens is 4. The maximum atomic E-state index is 12.7. The van der Waals surface area contributed by atoms with E-state index in [4.69, 9.17) is 4.74 Å². The number of carbonyl (C=O) groups excluding carboxylic acids is 1. The number of rotatable bonds is 6. The lowest BCUT2D eigenvalue weighted by molar-refractivity contribution is -0.154. The van der Waals surface area contributed by atoms with Gasteiger partial charge in [0.25, 0.3) is 11.5 Å². The normalized spacial score (nSPS) is 11.2. The van der Waals surface area contributed by atoms with Gasteiger partial charge in [-0.25, -0.2) is 4.98 Å². The molecular formula is C17H14F3N5O4. The Bertz CT molecular complexity index is 1060. The second-order valence-corrected chi connectivity index (χ2v) is 5.63. The standard InChI is InChI=1S/C17H14F3N5O4/c1-28-12-8-22-24-14(12)25-6-2-3-11(16(25)27)15(26)23-10-4-5-13(21-7-10)29-9-17(18,19)20/h2-8H,9H2,1H3,(H,22,24)(H,23,26). The summed E-state index contributed by atoms with van der Waals surface area (Å²) in [5, 5.41) is 8.85. The van der Waals surface area contributed by atoms with Crippen molar-refractivity contribution in [2.75, 3.05) is 19.0 Å². The monoisotopic (exact) mass is 409 g/mol. The van der Waals surface area contributed by atoms with Crippen LogP contribution in [0.15, 0.2) is 47.7 Å². The van der Waals surface area contributed by atoms with Crippen LogP contribution >= 0.6 is 0 Å². The van der Waals surface area contributed by atoms with Gasteiger partial charge in [-0.3, -0.25) is 19.3 Å². The van der Waals surface area contributed by atoms with Gasteiger partial charge in [-0.05, 0) is 18.2 Å². The van der Waals surface area contributed by atoms with Gasteiger partial charge in [0.15, 0.2) is 18.2 Å². The second kappa shape index (κ2) is 8.04. The fourth-order valence-electron chi connectivity index (χ4n) is 2.33. The van der Waals surface area contributed by atoms with Crippen LogP contribution in [0.2, 0.25) is 0 Å². The molecule has 29 heavy (non-hydrogen) atoms. The number of hydrogen-bond donors (Lipinski definition) is 2. The van der Waals surface area contributed by atoms with E-state index in [-0.39, 0.29) is 22.9 Å². The topological polar surface area (TPSA) is 111 Å². The molecule has 3 heterocycles. The molecule has 0 aromatic carbocycles. The molecule has 0 aliphatic rings. The Balaban J connectivity index is 1.76. The Labute approximate surface area is 161 Å². The zero-order chi connectivity index (χ0) is 21.0. The van der Waals surface area contributed by atoms with Crippen molar-refractivity contribution < 1.29 is 27.4 Å². The molecule has 0 spiro atoms. The SMILES string of the molecule is COc1cn[nH]c1-n1cccc(C(=O)Nc2ccc(OCC(F)(F)F)nc2)c1=O. The average Bonchev–Trinajstić information content (AvgIpc) is 3.15. The van der Waals surface area contributed by atoms with Crippen LogP contribution in [0.1, 0.15) is 10.4 Å². The number of methoxy groups -OCH3 is 1. The van der Waals surface area contributed by atoms with Gasteiger partial charge in [-0.1, -0.05) is 0 Å². The summed E-state index contributed by atoms with van der Waals surface area (Å²) in [6.07, 6.45) is -0.561. The van der Waals surface area contributed by atoms with E-state index in [2.05, 4.69) is 25.2 Å². The minimum Gasteiger partial charge on any atom is -0.491 e. The summed E-state index contributed by atoms with van der Waals surface area (Å²) in [5.41, 5.74) is -0.643. The molecule has 0 fully saturated rings. The highest BCUT2D eigenvalue weighted by molar-refractivity contribution is 6.03. The lowest BCUT2D eigenvalue weighted by Gasteiger charge is -2.10. The summed E-state index contributed by atoms with van der Waals surface area (Å²) in [7, 11) is 1.41. The molecule has 2 N–H and O–H groups in total. The molecule has 3 aromatic rings. The Kier molecular flexibility index (Phi) is 5.52. The number of nitrogens with zero attached hydrogens (tertiary/aromatic N) is 3. The molecule has 0 saturated carbocycles. The first-order valence-corrected chi connectivity index (χ1v) is 8.05. The maximum absolute atomic E-state index is 12.7. The number of carbonyl (C=O) groups is 1. The van der Waals surface area contributed by atoms with E-state index in [1.807, 2.05) is 0 Å². The minimum atomic E-state index is -4.49. The van der Waals surface area contributed by atoms with Crippen molar-refractivity contribution in [2.24, 2.45) is 0 Å². The summed E-state index contributed by atoms with van der Waals surface area (Å²) >= 11 is 0. The molecule has 0 radical (unpaired) electrons. The van der Waals surface area contributed by atoms with Crippen molar-refractivity contribution >= 4 is 11.6 Å². The number of anilines is 1. The number of pyridine rings is 2. The van der Waals surface area contributed by atoms with Crippen LogP contribution in [0, 0.1) is 0 Å². The fraction of sp³-hybridized carbons (Fsp3) is 0.176. The van der Waals surface area contributed by atoms with Gasteiger partial charge in [0.1, 0.15) is 5.56 Å². The first-order chi connectivity index (χ1) is 13.8. The molecule has 152 valence electrons. The second-order valence-electron chi connectivity index (χ2n) is 5.63. The lowest BCUT2D eigenvalue weighted by atomic mass is 10.2. The number of H-pyrrole nitrogens is 1. The Morgan fingerprint density at radius 1 is 1.28 bits per heavy atom. The van der Waals surface area contributed by atoms with Crippen molar-refractivity contribution in [3.8, 4) is 17.4 Å². The van der Waals surface area contributed by atoms with Crippen LogP contribution in [-0.2, 0) is 0 Å². The molecule has 0 aliphatic carbocycles. The minimum absolute atomic E-state index is 0.170. The summed E-state index contributed by atoms with van der Waals surface area (Å²) in [6, 6.07) is 5.28. The van der Waals surface area contributed by atoms with E-state index in [0.29, 0.717) is 5.75 Å². The van der Waals surface area contributed by atoms with E-state index in [9.17, 15) is 22.8 Å². The first kappa shape index (κ1) is 19.9. The molecule has 0 saturated heterocycles. The van der Waals surface area contributed by atoms with Gasteiger partial charge in [-0.15, -0.1) is 0 Å². The van der Waals surface area contributed by atoms with Crippen molar-refractivity contribution in [2.45, 2.75) is 6.18 Å². The summed E-state index contributed by atoms with van der Waals surface area (Å²) in [6.45, 7) is -1.48. The first-order valence-electron chi connectivity index (χ1n) is 8.05. The maximum Gasteiger partial charge on any atom is 0.422 e. The van der Waals surface area contributed by atoms with Gasteiger partial charge in [0.05, 0.1) is 25.2 Å². The molecule has 1 amide bonds. The predicted octanol–water partition coefficient (Wildman–Crippen LogP) is 2.16. The molecule has 0 unspecified atom stereocenters. The van der Waals surface area contributed by atoms with E-state index >= 15 is 0 Å². The Hall–Kier alpha value is -3.83. The van der Waals surface area contributed by atoms with Crippen molar-refractivity contribution in [1.29, 1.82) is 0 Å². The molecular weight excluding hydrogens is 395 g/mol. The predicted molar refractivity (Wildman–Crippen MR) is 94.5 cm³/mol. The van der Waals surface area contributed by atoms with Crippen LogP contribution in [0.5, 0.6) is 11.6 Å². The van der Waals surface area contributed by atoms with Gasteiger partial charge in [0, 0.05) is 12.3 Å². The van der Waals surface area contributed by atoms with Crippen LogP contribution in [0.3, 0.4) is 0 Å². The zero-order valence-corrected chi connectivity index (χ0v) is 14.9. The molecule has 3 rings (SSSR count). The third kappa shape index (κ3) is 4.72. The van der Waals surface area contributed by atoms with Gasteiger partial charge < -0.3 is 14.8 Å². The van der Waals surface area contributed by atoms with Crippen LogP contribution < -0.4 is 20.3 Å². The quantitative estimate of drug-likeness (QED) is 0.646. The van der Waals surface area contributed by atoms with E-state index in [1.54, 1.807) is 0 Å². The molecule has 12 heteroatoms. The largest absolute Gasteiger partial charge is 0.491 e. The summed E-state index contributed by atoms with van der Waals surface area (Å²) in [5.74, 6) is -0.425. The lowest BCUT2D eigenvalue weighted by Crippen LogP contribution is -2.28.